The van der Waals surface area contributed by atoms with Crippen LogP contribution in [0.15, 0.2) is 54.9 Å². The number of rotatable bonds is 3. The summed E-state index contributed by atoms with van der Waals surface area (Å²) in [7, 11) is 0. The molecule has 1 saturated heterocycles. The molecule has 4 rings (SSSR count). The van der Waals surface area contributed by atoms with Gasteiger partial charge in [0, 0.05) is 25.5 Å². The van der Waals surface area contributed by atoms with Crippen molar-refractivity contribution in [1.82, 2.24) is 9.88 Å². The fourth-order valence-electron chi connectivity index (χ4n) is 4.18. The number of carbonyl (C=O) groups excluding carboxylic acids is 1. The summed E-state index contributed by atoms with van der Waals surface area (Å²) in [4.78, 5) is 18.6. The van der Waals surface area contributed by atoms with Crippen LogP contribution in [0.1, 0.15) is 65.9 Å². The lowest BCUT2D eigenvalue weighted by Gasteiger charge is -2.32. The summed E-state index contributed by atoms with van der Waals surface area (Å²) in [5.41, 5.74) is 5.04. The summed E-state index contributed by atoms with van der Waals surface area (Å²) in [6, 6.07) is 12.8. The molecule has 134 valence electrons. The van der Waals surface area contributed by atoms with Gasteiger partial charge in [-0.25, -0.2) is 0 Å². The van der Waals surface area contributed by atoms with Gasteiger partial charge in [-0.1, -0.05) is 30.3 Å². The smallest absolute Gasteiger partial charge is 0.255 e. The zero-order valence-electron chi connectivity index (χ0n) is 15.2. The molecule has 1 amide bonds. The Morgan fingerprint density at radius 3 is 2.69 bits per heavy atom. The fraction of sp³-hybridized carbons (Fsp3) is 0.391. The van der Waals surface area contributed by atoms with Crippen LogP contribution in [0, 0.1) is 0 Å². The molecule has 2 heterocycles. The van der Waals surface area contributed by atoms with Crippen LogP contribution < -0.4 is 0 Å². The molecule has 3 heteroatoms. The predicted octanol–water partition coefficient (Wildman–Crippen LogP) is 5.06. The van der Waals surface area contributed by atoms with Gasteiger partial charge in [-0.2, -0.15) is 0 Å². The third-order valence-electron chi connectivity index (χ3n) is 5.71. The largest absolute Gasteiger partial charge is 0.339 e. The third kappa shape index (κ3) is 3.72. The normalized spacial score (nSPS) is 18.5. The van der Waals surface area contributed by atoms with Crippen molar-refractivity contribution in [3.8, 4) is 0 Å². The number of nitrogens with zero attached hydrogens (tertiary/aromatic N) is 2. The van der Waals surface area contributed by atoms with E-state index < -0.39 is 0 Å². The lowest BCUT2D eigenvalue weighted by Crippen LogP contribution is -2.37. The summed E-state index contributed by atoms with van der Waals surface area (Å²) in [5.74, 6) is 0.662. The molecule has 1 fully saturated rings. The van der Waals surface area contributed by atoms with Crippen molar-refractivity contribution < 1.29 is 4.79 Å². The Labute approximate surface area is 155 Å². The number of benzene rings is 1. The van der Waals surface area contributed by atoms with Gasteiger partial charge in [0.25, 0.3) is 5.91 Å². The zero-order chi connectivity index (χ0) is 17.8. The first-order valence-corrected chi connectivity index (χ1v) is 9.80. The molecule has 0 N–H and O–H groups in total. The summed E-state index contributed by atoms with van der Waals surface area (Å²) < 4.78 is 0. The van der Waals surface area contributed by atoms with Crippen molar-refractivity contribution in [1.29, 1.82) is 0 Å². The maximum atomic E-state index is 12.6. The van der Waals surface area contributed by atoms with Gasteiger partial charge in [-0.3, -0.25) is 9.78 Å². The molecule has 0 atom stereocenters. The Morgan fingerprint density at radius 1 is 1.08 bits per heavy atom. The van der Waals surface area contributed by atoms with E-state index in [1.807, 2.05) is 17.0 Å². The van der Waals surface area contributed by atoms with Gasteiger partial charge in [0.15, 0.2) is 0 Å². The zero-order valence-corrected chi connectivity index (χ0v) is 15.2. The minimum atomic E-state index is 0.109. The number of pyridine rings is 1. The van der Waals surface area contributed by atoms with Gasteiger partial charge in [0.2, 0.25) is 0 Å². The molecule has 0 spiro atoms. The van der Waals surface area contributed by atoms with Gasteiger partial charge in [0.05, 0.1) is 5.56 Å². The molecule has 3 nitrogen and oxygen atoms in total. The van der Waals surface area contributed by atoms with Crippen LogP contribution in [0.2, 0.25) is 0 Å². The number of aromatic nitrogens is 1. The monoisotopic (exact) mass is 346 g/mol. The minimum Gasteiger partial charge on any atom is -0.339 e. The maximum absolute atomic E-state index is 12.6. The third-order valence-corrected chi connectivity index (χ3v) is 5.71. The molecule has 0 saturated carbocycles. The maximum Gasteiger partial charge on any atom is 0.255 e. The minimum absolute atomic E-state index is 0.109. The van der Waals surface area contributed by atoms with Crippen LogP contribution >= 0.6 is 0 Å². The highest BCUT2D eigenvalue weighted by Crippen LogP contribution is 2.32. The van der Waals surface area contributed by atoms with Crippen LogP contribution in [0.3, 0.4) is 0 Å². The van der Waals surface area contributed by atoms with Gasteiger partial charge in [-0.05, 0) is 73.3 Å². The lowest BCUT2D eigenvalue weighted by molar-refractivity contribution is 0.0712. The van der Waals surface area contributed by atoms with Crippen molar-refractivity contribution in [2.45, 2.75) is 44.4 Å². The van der Waals surface area contributed by atoms with E-state index in [4.69, 9.17) is 0 Å². The summed E-state index contributed by atoms with van der Waals surface area (Å²) >= 11 is 0. The van der Waals surface area contributed by atoms with E-state index in [-0.39, 0.29) is 5.91 Å². The van der Waals surface area contributed by atoms with Gasteiger partial charge in [-0.15, -0.1) is 0 Å². The van der Waals surface area contributed by atoms with Gasteiger partial charge >= 0.3 is 0 Å². The number of allylic oxidation sites excluding steroid dienone is 2. The number of carbonyl (C=O) groups is 1. The van der Waals surface area contributed by atoms with E-state index in [1.54, 1.807) is 12.4 Å². The predicted molar refractivity (Wildman–Crippen MR) is 105 cm³/mol. The molecule has 1 aliphatic heterocycles. The average molecular weight is 346 g/mol. The second-order valence-electron chi connectivity index (χ2n) is 7.41. The van der Waals surface area contributed by atoms with Crippen molar-refractivity contribution in [3.63, 3.8) is 0 Å². The Morgan fingerprint density at radius 2 is 1.96 bits per heavy atom. The van der Waals surface area contributed by atoms with Crippen LogP contribution in [0.5, 0.6) is 0 Å². The first kappa shape index (κ1) is 17.0. The second kappa shape index (κ2) is 7.86. The Balaban J connectivity index is 1.42. The van der Waals surface area contributed by atoms with Gasteiger partial charge < -0.3 is 4.90 Å². The van der Waals surface area contributed by atoms with Crippen molar-refractivity contribution in [2.75, 3.05) is 13.1 Å². The van der Waals surface area contributed by atoms with Crippen molar-refractivity contribution >= 4 is 11.5 Å². The molecule has 26 heavy (non-hydrogen) atoms. The van der Waals surface area contributed by atoms with Crippen molar-refractivity contribution in [3.05, 3.63) is 71.6 Å². The molecule has 2 aliphatic rings. The lowest BCUT2D eigenvalue weighted by atomic mass is 9.86. The van der Waals surface area contributed by atoms with Crippen molar-refractivity contribution in [2.24, 2.45) is 0 Å². The Hall–Kier alpha value is -2.42. The average Bonchev–Trinajstić information content (AvgIpc) is 2.75. The van der Waals surface area contributed by atoms with E-state index in [0.717, 1.165) is 25.9 Å². The molecule has 2 aromatic rings. The standard InChI is InChI=1S/C23H26N2O/c26-23(22-10-5-13-24-17-22)25-14-11-19(12-15-25)21-9-4-8-20(16-21)18-6-2-1-3-7-18/h4-6,8-10,13,16-17,19H,1-3,7,11-12,14-15H2. The number of piperidine rings is 1. The number of hydrogen-bond donors (Lipinski definition) is 0. The topological polar surface area (TPSA) is 33.2 Å². The highest BCUT2D eigenvalue weighted by atomic mass is 16.2. The number of amides is 1. The molecule has 0 bridgehead atoms. The summed E-state index contributed by atoms with van der Waals surface area (Å²) in [6.45, 7) is 1.65. The molecular formula is C23H26N2O. The van der Waals surface area contributed by atoms with E-state index in [2.05, 4.69) is 35.3 Å². The van der Waals surface area contributed by atoms with E-state index in [1.165, 1.54) is 42.4 Å². The van der Waals surface area contributed by atoms with Crippen LogP contribution in [0.25, 0.3) is 5.57 Å². The molecule has 0 radical (unpaired) electrons. The fourth-order valence-corrected chi connectivity index (χ4v) is 4.18. The summed E-state index contributed by atoms with van der Waals surface area (Å²) in [5, 5.41) is 0. The van der Waals surface area contributed by atoms with Crippen LogP contribution in [0.4, 0.5) is 0 Å². The van der Waals surface area contributed by atoms with Gasteiger partial charge in [0.1, 0.15) is 0 Å². The highest BCUT2D eigenvalue weighted by Gasteiger charge is 2.25. The molecule has 1 aliphatic carbocycles. The number of hydrogen-bond acceptors (Lipinski definition) is 2. The van der Waals surface area contributed by atoms with E-state index in [9.17, 15) is 4.79 Å². The number of likely N-dealkylation sites (tertiary alicyclic amines) is 1. The SMILES string of the molecule is O=C(c1cccnc1)N1CCC(c2cccc(C3=CCCCC3)c2)CC1. The highest BCUT2D eigenvalue weighted by molar-refractivity contribution is 5.93. The van der Waals surface area contributed by atoms with Crippen LogP contribution in [-0.2, 0) is 0 Å². The molecule has 1 aromatic carbocycles. The summed E-state index contributed by atoms with van der Waals surface area (Å²) in [6.07, 6.45) is 12.9. The van der Waals surface area contributed by atoms with E-state index in [0.29, 0.717) is 11.5 Å². The van der Waals surface area contributed by atoms with E-state index >= 15 is 0 Å². The Kier molecular flexibility index (Phi) is 5.14. The molecule has 1 aromatic heterocycles. The first-order chi connectivity index (χ1) is 12.8. The second-order valence-corrected chi connectivity index (χ2v) is 7.41. The Bertz CT molecular complexity index is 789. The van der Waals surface area contributed by atoms with Crippen LogP contribution in [-0.4, -0.2) is 28.9 Å². The molecule has 0 unspecified atom stereocenters. The first-order valence-electron chi connectivity index (χ1n) is 9.80. The quantitative estimate of drug-likeness (QED) is 0.778. The molecular weight excluding hydrogens is 320 g/mol.